The fourth-order valence-corrected chi connectivity index (χ4v) is 1.50. The highest BCUT2D eigenvalue weighted by Gasteiger charge is 2.16. The van der Waals surface area contributed by atoms with Gasteiger partial charge in [0, 0.05) is 5.56 Å². The summed E-state index contributed by atoms with van der Waals surface area (Å²) in [5.74, 6) is -0.257. The molecule has 1 rings (SSSR count). The highest BCUT2D eigenvalue weighted by Crippen LogP contribution is 2.22. The van der Waals surface area contributed by atoms with Crippen LogP contribution < -0.4 is 5.32 Å². The van der Waals surface area contributed by atoms with Crippen LogP contribution in [0, 0.1) is 0 Å². The van der Waals surface area contributed by atoms with Crippen molar-refractivity contribution in [2.24, 2.45) is 0 Å². The summed E-state index contributed by atoms with van der Waals surface area (Å²) in [5.41, 5.74) is 1.83. The fraction of sp³-hybridized carbons (Fsp3) is 0.467. The lowest BCUT2D eigenvalue weighted by atomic mass is 9.86. The molecule has 0 heterocycles. The lowest BCUT2D eigenvalue weighted by Crippen LogP contribution is -2.37. The van der Waals surface area contributed by atoms with Crippen molar-refractivity contribution in [2.45, 2.75) is 46.1 Å². The quantitative estimate of drug-likeness (QED) is 0.892. The molecule has 1 atom stereocenters. The number of hydrogen-bond acceptors (Lipinski definition) is 2. The predicted octanol–water partition coefficient (Wildman–Crippen LogP) is 2.69. The van der Waals surface area contributed by atoms with E-state index in [9.17, 15) is 9.59 Å². The maximum atomic E-state index is 11.9. The first-order valence-electron chi connectivity index (χ1n) is 6.13. The molecule has 0 radical (unpaired) electrons. The number of nitrogens with one attached hydrogen (secondary N) is 1. The Bertz CT molecular complexity index is 441. The Balaban J connectivity index is 2.80. The summed E-state index contributed by atoms with van der Waals surface area (Å²) in [6.07, 6.45) is 0. The van der Waals surface area contributed by atoms with Crippen LogP contribution >= 0.6 is 0 Å². The molecule has 1 unspecified atom stereocenters. The molecule has 0 aliphatic heterocycles. The maximum Gasteiger partial charge on any atom is 0.251 e. The Kier molecular flexibility index (Phi) is 4.28. The molecular formula is C15H21NO2. The first-order chi connectivity index (χ1) is 8.21. The molecule has 0 aliphatic rings. The largest absolute Gasteiger partial charge is 0.343 e. The van der Waals surface area contributed by atoms with Gasteiger partial charge in [-0.05, 0) is 37.0 Å². The van der Waals surface area contributed by atoms with E-state index in [0.29, 0.717) is 5.56 Å². The van der Waals surface area contributed by atoms with Gasteiger partial charge in [0.2, 0.25) is 0 Å². The minimum atomic E-state index is -0.445. The second-order valence-corrected chi connectivity index (χ2v) is 5.63. The summed E-state index contributed by atoms with van der Waals surface area (Å²) in [7, 11) is 0. The van der Waals surface area contributed by atoms with Crippen LogP contribution in [0.4, 0.5) is 0 Å². The molecule has 0 bridgehead atoms. The number of hydrogen-bond donors (Lipinski definition) is 1. The van der Waals surface area contributed by atoms with Crippen molar-refractivity contribution in [2.75, 3.05) is 0 Å². The molecule has 18 heavy (non-hydrogen) atoms. The van der Waals surface area contributed by atoms with Gasteiger partial charge in [0.05, 0.1) is 6.04 Å². The van der Waals surface area contributed by atoms with Crippen LogP contribution in [0.5, 0.6) is 0 Å². The van der Waals surface area contributed by atoms with Gasteiger partial charge in [-0.25, -0.2) is 0 Å². The van der Waals surface area contributed by atoms with Gasteiger partial charge in [0.1, 0.15) is 0 Å². The Morgan fingerprint density at radius 1 is 1.11 bits per heavy atom. The van der Waals surface area contributed by atoms with E-state index in [1.807, 2.05) is 12.1 Å². The minimum absolute atomic E-state index is 0.0466. The van der Waals surface area contributed by atoms with Gasteiger partial charge >= 0.3 is 0 Å². The molecule has 0 aromatic heterocycles. The number of benzene rings is 1. The average molecular weight is 247 g/mol. The van der Waals surface area contributed by atoms with Crippen LogP contribution in [0.15, 0.2) is 24.3 Å². The van der Waals surface area contributed by atoms with Gasteiger partial charge in [-0.1, -0.05) is 32.9 Å². The molecule has 1 amide bonds. The molecule has 1 N–H and O–H groups in total. The van der Waals surface area contributed by atoms with Crippen LogP contribution in [0.1, 0.15) is 50.5 Å². The summed E-state index contributed by atoms with van der Waals surface area (Å²) in [5, 5.41) is 2.67. The van der Waals surface area contributed by atoms with Gasteiger partial charge in [0.25, 0.3) is 5.91 Å². The monoisotopic (exact) mass is 247 g/mol. The number of amides is 1. The zero-order valence-electron chi connectivity index (χ0n) is 11.7. The fourth-order valence-electron chi connectivity index (χ4n) is 1.50. The Morgan fingerprint density at radius 3 is 2.00 bits per heavy atom. The van der Waals surface area contributed by atoms with Crippen LogP contribution in [0.2, 0.25) is 0 Å². The second-order valence-electron chi connectivity index (χ2n) is 5.63. The van der Waals surface area contributed by atoms with Gasteiger partial charge in [-0.15, -0.1) is 0 Å². The van der Waals surface area contributed by atoms with E-state index in [1.165, 1.54) is 12.5 Å². The average Bonchev–Trinajstić information content (AvgIpc) is 2.27. The van der Waals surface area contributed by atoms with Crippen LogP contribution in [0.3, 0.4) is 0 Å². The molecule has 3 nitrogen and oxygen atoms in total. The lowest BCUT2D eigenvalue weighted by Gasteiger charge is -2.19. The van der Waals surface area contributed by atoms with E-state index in [2.05, 4.69) is 26.1 Å². The van der Waals surface area contributed by atoms with Gasteiger partial charge < -0.3 is 5.32 Å². The van der Waals surface area contributed by atoms with E-state index in [-0.39, 0.29) is 17.1 Å². The minimum Gasteiger partial charge on any atom is -0.343 e. The lowest BCUT2D eigenvalue weighted by molar-refractivity contribution is -0.118. The highest BCUT2D eigenvalue weighted by atomic mass is 16.2. The maximum absolute atomic E-state index is 11.9. The molecule has 0 fully saturated rings. The number of Topliss-reactive ketones (excluding diaryl/α,β-unsaturated/α-hetero) is 1. The SMILES string of the molecule is CC(=O)C(C)NC(=O)c1ccc(C(C)(C)C)cc1. The van der Waals surface area contributed by atoms with Crippen molar-refractivity contribution < 1.29 is 9.59 Å². The van der Waals surface area contributed by atoms with Crippen LogP contribution in [-0.4, -0.2) is 17.7 Å². The third-order valence-electron chi connectivity index (χ3n) is 2.97. The first-order valence-corrected chi connectivity index (χ1v) is 6.13. The van der Waals surface area contributed by atoms with E-state index in [1.54, 1.807) is 19.1 Å². The Hall–Kier alpha value is -1.64. The highest BCUT2D eigenvalue weighted by molar-refractivity contribution is 5.97. The van der Waals surface area contributed by atoms with Crippen molar-refractivity contribution in [3.8, 4) is 0 Å². The van der Waals surface area contributed by atoms with Crippen molar-refractivity contribution in [3.63, 3.8) is 0 Å². The van der Waals surface area contributed by atoms with E-state index < -0.39 is 6.04 Å². The van der Waals surface area contributed by atoms with Crippen molar-refractivity contribution in [1.82, 2.24) is 5.32 Å². The molecule has 0 spiro atoms. The summed E-state index contributed by atoms with van der Waals surface area (Å²) < 4.78 is 0. The zero-order valence-corrected chi connectivity index (χ0v) is 11.7. The second kappa shape index (κ2) is 5.34. The number of carbonyl (C=O) groups is 2. The third kappa shape index (κ3) is 3.69. The molecule has 1 aromatic rings. The van der Waals surface area contributed by atoms with Gasteiger partial charge in [0.15, 0.2) is 5.78 Å². The standard InChI is InChI=1S/C15H21NO2/c1-10(11(2)17)16-14(18)12-6-8-13(9-7-12)15(3,4)5/h6-10H,1-5H3,(H,16,18). The van der Waals surface area contributed by atoms with Crippen molar-refractivity contribution in [3.05, 3.63) is 35.4 Å². The zero-order chi connectivity index (χ0) is 13.9. The first kappa shape index (κ1) is 14.4. The molecule has 0 aliphatic carbocycles. The normalized spacial score (nSPS) is 12.9. The summed E-state index contributed by atoms with van der Waals surface area (Å²) in [6, 6.07) is 7.05. The third-order valence-corrected chi connectivity index (χ3v) is 2.97. The molecule has 98 valence electrons. The molecule has 0 saturated heterocycles. The van der Waals surface area contributed by atoms with E-state index >= 15 is 0 Å². The van der Waals surface area contributed by atoms with Gasteiger partial charge in [-0.3, -0.25) is 9.59 Å². The number of rotatable bonds is 3. The van der Waals surface area contributed by atoms with Crippen LogP contribution in [-0.2, 0) is 10.2 Å². The Morgan fingerprint density at radius 2 is 1.61 bits per heavy atom. The van der Waals surface area contributed by atoms with Crippen molar-refractivity contribution >= 4 is 11.7 Å². The van der Waals surface area contributed by atoms with Crippen LogP contribution in [0.25, 0.3) is 0 Å². The molecule has 3 heteroatoms. The summed E-state index contributed by atoms with van der Waals surface area (Å²) >= 11 is 0. The summed E-state index contributed by atoms with van der Waals surface area (Å²) in [4.78, 5) is 22.9. The topological polar surface area (TPSA) is 46.2 Å². The molecular weight excluding hydrogens is 226 g/mol. The predicted molar refractivity (Wildman–Crippen MR) is 72.8 cm³/mol. The smallest absolute Gasteiger partial charge is 0.251 e. The number of carbonyl (C=O) groups excluding carboxylic acids is 2. The van der Waals surface area contributed by atoms with Crippen molar-refractivity contribution in [1.29, 1.82) is 0 Å². The summed E-state index contributed by atoms with van der Waals surface area (Å²) in [6.45, 7) is 9.52. The van der Waals surface area contributed by atoms with E-state index in [0.717, 1.165) is 0 Å². The van der Waals surface area contributed by atoms with Gasteiger partial charge in [-0.2, -0.15) is 0 Å². The molecule has 0 saturated carbocycles. The number of ketones is 1. The Labute approximate surface area is 109 Å². The van der Waals surface area contributed by atoms with E-state index in [4.69, 9.17) is 0 Å². The molecule has 1 aromatic carbocycles.